The van der Waals surface area contributed by atoms with Gasteiger partial charge in [0.2, 0.25) is 4.96 Å². The summed E-state index contributed by atoms with van der Waals surface area (Å²) in [4.78, 5) is 8.14. The van der Waals surface area contributed by atoms with Gasteiger partial charge in [-0.3, -0.25) is 9.58 Å². The van der Waals surface area contributed by atoms with Gasteiger partial charge in [-0.05, 0) is 26.3 Å². The summed E-state index contributed by atoms with van der Waals surface area (Å²) in [6, 6.07) is 8.76. The van der Waals surface area contributed by atoms with E-state index in [9.17, 15) is 0 Å². The molecule has 1 fully saturated rings. The maximum absolute atomic E-state index is 4.76. The number of benzene rings is 1. The Labute approximate surface area is 149 Å². The summed E-state index contributed by atoms with van der Waals surface area (Å²) in [7, 11) is 0. The molecule has 0 N–H and O–H groups in total. The van der Waals surface area contributed by atoms with Gasteiger partial charge in [-0.1, -0.05) is 29.5 Å². The second kappa shape index (κ2) is 5.64. The average Bonchev–Trinajstić information content (AvgIpc) is 3.33. The van der Waals surface area contributed by atoms with Crippen molar-refractivity contribution in [3.63, 3.8) is 0 Å². The van der Waals surface area contributed by atoms with Crippen LogP contribution in [0.4, 0.5) is 0 Å². The zero-order valence-electron chi connectivity index (χ0n) is 14.4. The van der Waals surface area contributed by atoms with Crippen molar-refractivity contribution in [3.8, 4) is 0 Å². The van der Waals surface area contributed by atoms with E-state index in [0.717, 1.165) is 47.2 Å². The lowest BCUT2D eigenvalue weighted by atomic mass is 10.2. The molecule has 6 nitrogen and oxygen atoms in total. The van der Waals surface area contributed by atoms with Gasteiger partial charge in [0.25, 0.3) is 0 Å². The van der Waals surface area contributed by atoms with E-state index in [0.29, 0.717) is 6.04 Å². The number of hydrogen-bond donors (Lipinski definition) is 0. The summed E-state index contributed by atoms with van der Waals surface area (Å²) in [6.45, 7) is 7.11. The molecule has 0 amide bonds. The summed E-state index contributed by atoms with van der Waals surface area (Å²) >= 11 is 1.65. The Balaban J connectivity index is 1.37. The molecule has 4 heterocycles. The molecule has 1 aliphatic heterocycles. The van der Waals surface area contributed by atoms with E-state index in [4.69, 9.17) is 5.10 Å². The number of rotatable bonds is 3. The van der Waals surface area contributed by atoms with E-state index in [-0.39, 0.29) is 0 Å². The first kappa shape index (κ1) is 15.0. The zero-order valence-corrected chi connectivity index (χ0v) is 15.2. The van der Waals surface area contributed by atoms with Gasteiger partial charge in [-0.25, -0.2) is 9.50 Å². The second-order valence-electron chi connectivity index (χ2n) is 6.80. The molecular formula is C18H20N6S. The third-order valence-electron chi connectivity index (χ3n) is 5.02. The van der Waals surface area contributed by atoms with Crippen molar-refractivity contribution in [2.24, 2.45) is 0 Å². The lowest BCUT2D eigenvalue weighted by Gasteiger charge is -2.16. The SMILES string of the molecule is Cc1nn2c(CN3CCC(n4cc5ccccc5n4)C3)c(C)nc2s1. The van der Waals surface area contributed by atoms with E-state index in [1.54, 1.807) is 11.3 Å². The van der Waals surface area contributed by atoms with Gasteiger partial charge in [-0.2, -0.15) is 10.2 Å². The van der Waals surface area contributed by atoms with Crippen molar-refractivity contribution >= 4 is 27.2 Å². The fraction of sp³-hybridized carbons (Fsp3) is 0.389. The van der Waals surface area contributed by atoms with Crippen LogP contribution in [0, 0.1) is 13.8 Å². The number of nitrogens with zero attached hydrogens (tertiary/aromatic N) is 6. The van der Waals surface area contributed by atoms with Gasteiger partial charge in [0.15, 0.2) is 0 Å². The highest BCUT2D eigenvalue weighted by atomic mass is 32.1. The molecule has 0 bridgehead atoms. The Hall–Kier alpha value is -2.25. The van der Waals surface area contributed by atoms with Gasteiger partial charge in [0.05, 0.1) is 22.9 Å². The summed E-state index contributed by atoms with van der Waals surface area (Å²) in [5.74, 6) is 0. The van der Waals surface area contributed by atoms with Gasteiger partial charge in [-0.15, -0.1) is 0 Å². The lowest BCUT2D eigenvalue weighted by molar-refractivity contribution is 0.306. The second-order valence-corrected chi connectivity index (χ2v) is 7.97. The third kappa shape index (κ3) is 2.54. The third-order valence-corrected chi connectivity index (χ3v) is 5.85. The smallest absolute Gasteiger partial charge is 0.212 e. The first-order chi connectivity index (χ1) is 12.2. The quantitative estimate of drug-likeness (QED) is 0.568. The molecule has 4 aromatic rings. The highest BCUT2D eigenvalue weighted by molar-refractivity contribution is 7.16. The summed E-state index contributed by atoms with van der Waals surface area (Å²) in [5, 5.41) is 11.6. The van der Waals surface area contributed by atoms with E-state index in [2.05, 4.69) is 51.0 Å². The minimum absolute atomic E-state index is 0.438. The number of aryl methyl sites for hydroxylation is 2. The number of aromatic nitrogens is 5. The molecule has 0 spiro atoms. The predicted octanol–water partition coefficient (Wildman–Crippen LogP) is 3.20. The number of likely N-dealkylation sites (tertiary alicyclic amines) is 1. The van der Waals surface area contributed by atoms with Crippen molar-refractivity contribution in [2.45, 2.75) is 32.9 Å². The molecule has 7 heteroatoms. The molecule has 1 unspecified atom stereocenters. The highest BCUT2D eigenvalue weighted by Gasteiger charge is 2.26. The fourth-order valence-corrected chi connectivity index (χ4v) is 4.53. The maximum atomic E-state index is 4.76. The van der Waals surface area contributed by atoms with Gasteiger partial charge < -0.3 is 0 Å². The summed E-state index contributed by atoms with van der Waals surface area (Å²) in [6.07, 6.45) is 3.31. The van der Waals surface area contributed by atoms with Crippen molar-refractivity contribution < 1.29 is 0 Å². The van der Waals surface area contributed by atoms with Gasteiger partial charge in [0.1, 0.15) is 5.01 Å². The monoisotopic (exact) mass is 352 g/mol. The maximum Gasteiger partial charge on any atom is 0.212 e. The average molecular weight is 352 g/mol. The molecule has 128 valence electrons. The molecule has 1 atom stereocenters. The first-order valence-corrected chi connectivity index (χ1v) is 9.47. The Bertz CT molecular complexity index is 1030. The molecule has 3 aromatic heterocycles. The minimum atomic E-state index is 0.438. The molecule has 5 rings (SSSR count). The van der Waals surface area contributed by atoms with Crippen LogP contribution < -0.4 is 0 Å². The van der Waals surface area contributed by atoms with E-state index >= 15 is 0 Å². The topological polar surface area (TPSA) is 51.2 Å². The molecule has 1 saturated heterocycles. The van der Waals surface area contributed by atoms with Crippen LogP contribution in [0.2, 0.25) is 0 Å². The summed E-state index contributed by atoms with van der Waals surface area (Å²) in [5.41, 5.74) is 3.38. The van der Waals surface area contributed by atoms with Crippen LogP contribution in [-0.2, 0) is 6.54 Å². The van der Waals surface area contributed by atoms with Crippen LogP contribution >= 0.6 is 11.3 Å². The Morgan fingerprint density at radius 2 is 2.08 bits per heavy atom. The van der Waals surface area contributed by atoms with Crippen molar-refractivity contribution in [3.05, 3.63) is 46.9 Å². The lowest BCUT2D eigenvalue weighted by Crippen LogP contribution is -2.22. The normalized spacial score (nSPS) is 18.7. The van der Waals surface area contributed by atoms with Crippen LogP contribution in [0.15, 0.2) is 30.5 Å². The van der Waals surface area contributed by atoms with Crippen molar-refractivity contribution in [1.29, 1.82) is 0 Å². The summed E-state index contributed by atoms with van der Waals surface area (Å²) < 4.78 is 4.17. The number of hydrogen-bond acceptors (Lipinski definition) is 5. The van der Waals surface area contributed by atoms with Crippen molar-refractivity contribution in [2.75, 3.05) is 13.1 Å². The molecule has 0 radical (unpaired) electrons. The minimum Gasteiger partial charge on any atom is -0.295 e. The molecule has 25 heavy (non-hydrogen) atoms. The van der Waals surface area contributed by atoms with E-state index < -0.39 is 0 Å². The molecular weight excluding hydrogens is 332 g/mol. The van der Waals surface area contributed by atoms with Crippen LogP contribution in [-0.4, -0.2) is 42.4 Å². The molecule has 1 aliphatic rings. The van der Waals surface area contributed by atoms with Gasteiger partial charge >= 0.3 is 0 Å². The Morgan fingerprint density at radius 1 is 1.20 bits per heavy atom. The van der Waals surface area contributed by atoms with E-state index in [1.165, 1.54) is 11.1 Å². The highest BCUT2D eigenvalue weighted by Crippen LogP contribution is 2.26. The number of fused-ring (bicyclic) bond motifs is 2. The zero-order chi connectivity index (χ0) is 17.0. The Kier molecular flexibility index (Phi) is 3.39. The largest absolute Gasteiger partial charge is 0.295 e. The first-order valence-electron chi connectivity index (χ1n) is 8.65. The van der Waals surface area contributed by atoms with Crippen molar-refractivity contribution in [1.82, 2.24) is 29.3 Å². The molecule has 1 aromatic carbocycles. The fourth-order valence-electron chi connectivity index (χ4n) is 3.72. The molecule has 0 saturated carbocycles. The Morgan fingerprint density at radius 3 is 2.96 bits per heavy atom. The predicted molar refractivity (Wildman–Crippen MR) is 99.0 cm³/mol. The van der Waals surface area contributed by atoms with Crippen LogP contribution in [0.3, 0.4) is 0 Å². The van der Waals surface area contributed by atoms with Crippen LogP contribution in [0.1, 0.15) is 28.9 Å². The molecule has 0 aliphatic carbocycles. The van der Waals surface area contributed by atoms with Crippen LogP contribution in [0.25, 0.3) is 15.9 Å². The van der Waals surface area contributed by atoms with Crippen LogP contribution in [0.5, 0.6) is 0 Å². The number of imidazole rings is 1. The van der Waals surface area contributed by atoms with E-state index in [1.807, 2.05) is 17.5 Å². The standard InChI is InChI=1S/C18H20N6S/c1-12-17(24-18(19-12)25-13(2)20-24)11-22-8-7-15(10-22)23-9-14-5-3-4-6-16(14)21-23/h3-6,9,15H,7-8,10-11H2,1-2H3. The van der Waals surface area contributed by atoms with Gasteiger partial charge in [0, 0.05) is 31.2 Å².